The van der Waals surface area contributed by atoms with Crippen LogP contribution < -0.4 is 15.1 Å². The number of amides is 1. The molecule has 0 radical (unpaired) electrons. The molecule has 1 aliphatic heterocycles. The Morgan fingerprint density at radius 3 is 2.77 bits per heavy atom. The van der Waals surface area contributed by atoms with Gasteiger partial charge in [0, 0.05) is 20.5 Å². The molecule has 118 valence electrons. The second kappa shape index (κ2) is 6.64. The van der Waals surface area contributed by atoms with Crippen molar-refractivity contribution < 1.29 is 9.59 Å². The van der Waals surface area contributed by atoms with Crippen molar-refractivity contribution in [1.29, 1.82) is 0 Å². The number of carbonyl (C=O) groups excluding carboxylic acids is 2. The molecular weight excluding hydrogens is 278 g/mol. The van der Waals surface area contributed by atoms with Crippen LogP contribution in [0.5, 0.6) is 0 Å². The smallest absolute Gasteiger partial charge is 0.219 e. The molecule has 0 fully saturated rings. The molecule has 0 bridgehead atoms. The first-order valence-electron chi connectivity index (χ1n) is 7.54. The molecule has 1 heterocycles. The Morgan fingerprint density at radius 1 is 1.45 bits per heavy atom. The van der Waals surface area contributed by atoms with Gasteiger partial charge in [0.15, 0.2) is 0 Å². The van der Waals surface area contributed by atoms with E-state index >= 15 is 0 Å². The van der Waals surface area contributed by atoms with Gasteiger partial charge in [0.05, 0.1) is 17.4 Å². The van der Waals surface area contributed by atoms with Crippen LogP contribution in [-0.2, 0) is 16.0 Å². The molecule has 1 aromatic carbocycles. The average molecular weight is 301 g/mol. The predicted octanol–water partition coefficient (Wildman–Crippen LogP) is 2.07. The third-order valence-electron chi connectivity index (χ3n) is 4.17. The van der Waals surface area contributed by atoms with Crippen molar-refractivity contribution in [1.82, 2.24) is 5.32 Å². The number of fused-ring (bicyclic) bond motifs is 1. The Bertz CT molecular complexity index is 598. The Kier molecular flexibility index (Phi) is 4.85. The highest BCUT2D eigenvalue weighted by Crippen LogP contribution is 2.44. The van der Waals surface area contributed by atoms with Crippen molar-refractivity contribution in [3.05, 3.63) is 36.2 Å². The van der Waals surface area contributed by atoms with Gasteiger partial charge in [-0.05, 0) is 24.5 Å². The van der Waals surface area contributed by atoms with Crippen LogP contribution in [0.2, 0.25) is 0 Å². The van der Waals surface area contributed by atoms with E-state index in [0.717, 1.165) is 29.9 Å². The summed E-state index contributed by atoms with van der Waals surface area (Å²) >= 11 is 0. The highest BCUT2D eigenvalue weighted by Gasteiger charge is 2.33. The molecule has 1 N–H and O–H groups in total. The van der Waals surface area contributed by atoms with Crippen molar-refractivity contribution in [2.45, 2.75) is 32.2 Å². The number of carbonyl (C=O) groups is 2. The minimum atomic E-state index is -0.388. The number of aryl methyl sites for hydroxylation is 1. The van der Waals surface area contributed by atoms with Gasteiger partial charge < -0.3 is 19.9 Å². The molecule has 22 heavy (non-hydrogen) atoms. The normalized spacial score (nSPS) is 14.8. The Hall–Kier alpha value is -2.30. The number of hydrogen-bond donors (Lipinski definition) is 1. The fourth-order valence-electron chi connectivity index (χ4n) is 2.91. The predicted molar refractivity (Wildman–Crippen MR) is 89.0 cm³/mol. The Morgan fingerprint density at radius 2 is 2.18 bits per heavy atom. The zero-order chi connectivity index (χ0) is 16.3. The van der Waals surface area contributed by atoms with Crippen molar-refractivity contribution in [2.75, 3.05) is 23.9 Å². The number of aldehydes is 1. The molecule has 0 aromatic heterocycles. The average Bonchev–Trinajstić information content (AvgIpc) is 2.80. The van der Waals surface area contributed by atoms with Gasteiger partial charge in [-0.15, -0.1) is 0 Å². The molecule has 2 rings (SSSR count). The molecule has 0 aliphatic carbocycles. The van der Waals surface area contributed by atoms with Crippen molar-refractivity contribution in [3.63, 3.8) is 0 Å². The summed E-state index contributed by atoms with van der Waals surface area (Å²) in [7, 11) is 3.56. The van der Waals surface area contributed by atoms with Crippen LogP contribution >= 0.6 is 0 Å². The van der Waals surface area contributed by atoms with E-state index in [1.54, 1.807) is 7.05 Å². The minimum absolute atomic E-state index is 0.0625. The molecule has 0 spiro atoms. The maximum Gasteiger partial charge on any atom is 0.219 e. The highest BCUT2D eigenvalue weighted by atomic mass is 16.1. The lowest BCUT2D eigenvalue weighted by atomic mass is 10.1. The largest absolute Gasteiger partial charge is 0.359 e. The lowest BCUT2D eigenvalue weighted by Crippen LogP contribution is -2.37. The maximum absolute atomic E-state index is 11.6. The standard InChI is InChI=1S/C17H23N3O2/c1-5-13-7-6-8-15-17(13)19(4)12(2)20(15)14(11-21)9-10-16(22)18-3/h6-8,11,14H,2,5,9-10H2,1,3-4H3,(H,18,22). The summed E-state index contributed by atoms with van der Waals surface area (Å²) in [5.74, 6) is 0.706. The summed E-state index contributed by atoms with van der Waals surface area (Å²) < 4.78 is 0. The van der Waals surface area contributed by atoms with E-state index in [4.69, 9.17) is 0 Å². The van der Waals surface area contributed by atoms with E-state index in [-0.39, 0.29) is 11.9 Å². The summed E-state index contributed by atoms with van der Waals surface area (Å²) in [6, 6.07) is 5.70. The summed E-state index contributed by atoms with van der Waals surface area (Å²) in [4.78, 5) is 27.0. The van der Waals surface area contributed by atoms with Crippen molar-refractivity contribution in [2.24, 2.45) is 0 Å². The molecule has 1 atom stereocenters. The topological polar surface area (TPSA) is 52.7 Å². The Labute approximate surface area is 131 Å². The van der Waals surface area contributed by atoms with Crippen molar-refractivity contribution >= 4 is 23.6 Å². The molecule has 1 amide bonds. The van der Waals surface area contributed by atoms with Crippen LogP contribution in [-0.4, -0.2) is 32.3 Å². The van der Waals surface area contributed by atoms with Crippen LogP contribution in [0.4, 0.5) is 11.4 Å². The molecule has 1 aromatic rings. The van der Waals surface area contributed by atoms with E-state index in [0.29, 0.717) is 12.8 Å². The summed E-state index contributed by atoms with van der Waals surface area (Å²) in [6.45, 7) is 6.22. The van der Waals surface area contributed by atoms with Gasteiger partial charge >= 0.3 is 0 Å². The number of para-hydroxylation sites is 1. The van der Waals surface area contributed by atoms with Crippen LogP contribution in [0.3, 0.4) is 0 Å². The van der Waals surface area contributed by atoms with E-state index in [1.807, 2.05) is 29.0 Å². The molecule has 0 saturated carbocycles. The number of nitrogens with zero attached hydrogens (tertiary/aromatic N) is 2. The first kappa shape index (κ1) is 16.1. The molecule has 1 unspecified atom stereocenters. The first-order valence-corrected chi connectivity index (χ1v) is 7.54. The summed E-state index contributed by atoms with van der Waals surface area (Å²) in [6.07, 6.45) is 2.59. The van der Waals surface area contributed by atoms with Gasteiger partial charge in [-0.1, -0.05) is 25.6 Å². The number of anilines is 2. The number of nitrogens with one attached hydrogen (secondary N) is 1. The van der Waals surface area contributed by atoms with E-state index in [9.17, 15) is 9.59 Å². The molecule has 5 nitrogen and oxygen atoms in total. The number of rotatable bonds is 6. The maximum atomic E-state index is 11.6. The van der Waals surface area contributed by atoms with Crippen LogP contribution in [0, 0.1) is 0 Å². The SMILES string of the molecule is C=C1N(C)c2c(CC)cccc2N1C(C=O)CCC(=O)NC. The van der Waals surface area contributed by atoms with Gasteiger partial charge in [0.1, 0.15) is 12.1 Å². The van der Waals surface area contributed by atoms with Gasteiger partial charge in [-0.25, -0.2) is 0 Å². The van der Waals surface area contributed by atoms with E-state index < -0.39 is 0 Å². The van der Waals surface area contributed by atoms with E-state index in [2.05, 4.69) is 24.9 Å². The molecule has 5 heteroatoms. The quantitative estimate of drug-likeness (QED) is 0.817. The zero-order valence-corrected chi connectivity index (χ0v) is 13.4. The molecule has 0 saturated heterocycles. The number of hydrogen-bond acceptors (Lipinski definition) is 4. The van der Waals surface area contributed by atoms with Gasteiger partial charge in [-0.2, -0.15) is 0 Å². The van der Waals surface area contributed by atoms with Gasteiger partial charge in [-0.3, -0.25) is 4.79 Å². The fourth-order valence-corrected chi connectivity index (χ4v) is 2.91. The monoisotopic (exact) mass is 301 g/mol. The summed E-state index contributed by atoms with van der Waals surface area (Å²) in [5.41, 5.74) is 3.31. The third kappa shape index (κ3) is 2.71. The van der Waals surface area contributed by atoms with Crippen molar-refractivity contribution in [3.8, 4) is 0 Å². The van der Waals surface area contributed by atoms with Crippen LogP contribution in [0.1, 0.15) is 25.3 Å². The Balaban J connectivity index is 2.34. The van der Waals surface area contributed by atoms with Gasteiger partial charge in [0.25, 0.3) is 0 Å². The summed E-state index contributed by atoms with van der Waals surface area (Å²) in [5, 5.41) is 2.59. The lowest BCUT2D eigenvalue weighted by molar-refractivity contribution is -0.120. The highest BCUT2D eigenvalue weighted by molar-refractivity contribution is 5.88. The third-order valence-corrected chi connectivity index (χ3v) is 4.17. The van der Waals surface area contributed by atoms with Crippen LogP contribution in [0.15, 0.2) is 30.6 Å². The first-order chi connectivity index (χ1) is 10.5. The second-order valence-electron chi connectivity index (χ2n) is 5.40. The van der Waals surface area contributed by atoms with Gasteiger partial charge in [0.2, 0.25) is 5.91 Å². The molecular formula is C17H23N3O2. The fraction of sp³-hybridized carbons (Fsp3) is 0.412. The van der Waals surface area contributed by atoms with E-state index in [1.165, 1.54) is 5.56 Å². The lowest BCUT2D eigenvalue weighted by Gasteiger charge is -2.27. The molecule has 1 aliphatic rings. The minimum Gasteiger partial charge on any atom is -0.359 e. The second-order valence-corrected chi connectivity index (χ2v) is 5.40. The van der Waals surface area contributed by atoms with Crippen LogP contribution in [0.25, 0.3) is 0 Å². The number of benzene rings is 1. The zero-order valence-electron chi connectivity index (χ0n) is 13.4.